The molecular formula is C13H20F3NO2. The van der Waals surface area contributed by atoms with Gasteiger partial charge in [0.1, 0.15) is 0 Å². The van der Waals surface area contributed by atoms with Crippen molar-refractivity contribution in [1.82, 2.24) is 4.90 Å². The van der Waals surface area contributed by atoms with Crippen molar-refractivity contribution in [2.24, 2.45) is 17.8 Å². The Hall–Kier alpha value is -0.780. The maximum absolute atomic E-state index is 13.0. The Kier molecular flexibility index (Phi) is 4.38. The summed E-state index contributed by atoms with van der Waals surface area (Å²) < 4.78 is 38.9. The monoisotopic (exact) mass is 279 g/mol. The lowest BCUT2D eigenvalue weighted by molar-refractivity contribution is -0.200. The summed E-state index contributed by atoms with van der Waals surface area (Å²) in [6.45, 7) is 0.874. The highest BCUT2D eigenvalue weighted by atomic mass is 19.4. The normalized spacial score (nSPS) is 32.6. The number of likely N-dealkylation sites (tertiary alicyclic amines) is 1. The van der Waals surface area contributed by atoms with Crippen molar-refractivity contribution in [3.05, 3.63) is 0 Å². The zero-order valence-electron chi connectivity index (χ0n) is 10.8. The molecule has 2 rings (SSSR count). The van der Waals surface area contributed by atoms with Gasteiger partial charge in [-0.1, -0.05) is 12.8 Å². The molecule has 1 aliphatic carbocycles. The van der Waals surface area contributed by atoms with Gasteiger partial charge in [-0.2, -0.15) is 13.2 Å². The van der Waals surface area contributed by atoms with Gasteiger partial charge in [-0.25, -0.2) is 0 Å². The van der Waals surface area contributed by atoms with E-state index in [9.17, 15) is 18.0 Å². The largest absolute Gasteiger partial charge is 0.396 e. The van der Waals surface area contributed by atoms with E-state index in [-0.39, 0.29) is 24.9 Å². The minimum absolute atomic E-state index is 0.00283. The number of aliphatic hydroxyl groups excluding tert-OH is 1. The van der Waals surface area contributed by atoms with Gasteiger partial charge < -0.3 is 10.0 Å². The van der Waals surface area contributed by atoms with Crippen molar-refractivity contribution in [1.29, 1.82) is 0 Å². The quantitative estimate of drug-likeness (QED) is 0.842. The maximum atomic E-state index is 13.0. The Bertz CT molecular complexity index is 332. The number of alkyl halides is 3. The number of nitrogens with zero attached hydrogens (tertiary/aromatic N) is 1. The lowest BCUT2D eigenvalue weighted by atomic mass is 9.78. The van der Waals surface area contributed by atoms with E-state index in [1.54, 1.807) is 0 Å². The van der Waals surface area contributed by atoms with E-state index < -0.39 is 18.0 Å². The predicted molar refractivity (Wildman–Crippen MR) is 63.3 cm³/mol. The smallest absolute Gasteiger partial charge is 0.392 e. The van der Waals surface area contributed by atoms with E-state index in [1.165, 1.54) is 4.90 Å². The molecule has 19 heavy (non-hydrogen) atoms. The van der Waals surface area contributed by atoms with Crippen LogP contribution >= 0.6 is 0 Å². The lowest BCUT2D eigenvalue weighted by Gasteiger charge is -2.34. The highest BCUT2D eigenvalue weighted by Gasteiger charge is 2.49. The van der Waals surface area contributed by atoms with E-state index in [1.807, 2.05) is 0 Å². The summed E-state index contributed by atoms with van der Waals surface area (Å²) in [5.74, 6) is -2.73. The maximum Gasteiger partial charge on any atom is 0.392 e. The summed E-state index contributed by atoms with van der Waals surface area (Å²) >= 11 is 0. The first-order valence-electron chi connectivity index (χ1n) is 6.90. The molecule has 1 N–H and O–H groups in total. The number of halogens is 3. The van der Waals surface area contributed by atoms with E-state index in [2.05, 4.69) is 0 Å². The topological polar surface area (TPSA) is 40.5 Å². The summed E-state index contributed by atoms with van der Waals surface area (Å²) in [4.78, 5) is 13.8. The van der Waals surface area contributed by atoms with Crippen molar-refractivity contribution in [2.45, 2.75) is 38.3 Å². The third-order valence-electron chi connectivity index (χ3n) is 4.36. The van der Waals surface area contributed by atoms with E-state index in [0.29, 0.717) is 38.8 Å². The predicted octanol–water partition coefficient (Wildman–Crippen LogP) is 2.20. The summed E-state index contributed by atoms with van der Waals surface area (Å²) in [5, 5.41) is 9.04. The zero-order valence-corrected chi connectivity index (χ0v) is 10.8. The lowest BCUT2D eigenvalue weighted by Crippen LogP contribution is -2.44. The molecule has 1 heterocycles. The first-order chi connectivity index (χ1) is 8.93. The summed E-state index contributed by atoms with van der Waals surface area (Å²) in [5.41, 5.74) is 0. The fourth-order valence-corrected chi connectivity index (χ4v) is 3.23. The molecule has 110 valence electrons. The molecule has 0 aromatic rings. The molecule has 0 aromatic carbocycles. The summed E-state index contributed by atoms with van der Waals surface area (Å²) in [6, 6.07) is 0. The molecule has 1 amide bonds. The fraction of sp³-hybridized carbons (Fsp3) is 0.923. The number of hydrogen-bond donors (Lipinski definition) is 1. The standard InChI is InChI=1S/C13H20F3NO2/c14-13(15,16)11-4-2-1-3-10(11)12(19)17-6-5-9(7-17)8-18/h9-11,18H,1-8H2. The SMILES string of the molecule is O=C(C1CCCCC1C(F)(F)F)N1CCC(CO)C1. The molecule has 0 spiro atoms. The Morgan fingerprint density at radius 2 is 1.89 bits per heavy atom. The van der Waals surface area contributed by atoms with Gasteiger partial charge in [0.25, 0.3) is 0 Å². The summed E-state index contributed by atoms with van der Waals surface area (Å²) in [6.07, 6.45) is -1.95. The van der Waals surface area contributed by atoms with Crippen molar-refractivity contribution in [3.8, 4) is 0 Å². The Morgan fingerprint density at radius 3 is 2.47 bits per heavy atom. The van der Waals surface area contributed by atoms with E-state index in [0.717, 1.165) is 0 Å². The number of amides is 1. The van der Waals surface area contributed by atoms with Crippen molar-refractivity contribution in [2.75, 3.05) is 19.7 Å². The van der Waals surface area contributed by atoms with Crippen LogP contribution in [0.1, 0.15) is 32.1 Å². The molecule has 1 saturated heterocycles. The summed E-state index contributed by atoms with van der Waals surface area (Å²) in [7, 11) is 0. The van der Waals surface area contributed by atoms with Crippen LogP contribution in [0, 0.1) is 17.8 Å². The first kappa shape index (κ1) is 14.6. The van der Waals surface area contributed by atoms with E-state index >= 15 is 0 Å². The van der Waals surface area contributed by atoms with Gasteiger partial charge in [0, 0.05) is 31.5 Å². The molecule has 2 fully saturated rings. The molecule has 3 unspecified atom stereocenters. The molecule has 3 nitrogen and oxygen atoms in total. The van der Waals surface area contributed by atoms with Crippen LogP contribution in [0.2, 0.25) is 0 Å². The van der Waals surface area contributed by atoms with Crippen LogP contribution in [-0.2, 0) is 4.79 Å². The molecular weight excluding hydrogens is 259 g/mol. The molecule has 1 saturated carbocycles. The van der Waals surface area contributed by atoms with Gasteiger partial charge in [0.05, 0.1) is 5.92 Å². The Morgan fingerprint density at radius 1 is 1.21 bits per heavy atom. The van der Waals surface area contributed by atoms with Crippen LogP contribution in [0.15, 0.2) is 0 Å². The van der Waals surface area contributed by atoms with Crippen LogP contribution < -0.4 is 0 Å². The molecule has 6 heteroatoms. The van der Waals surface area contributed by atoms with Crippen molar-refractivity contribution >= 4 is 5.91 Å². The molecule has 0 bridgehead atoms. The molecule has 0 aromatic heterocycles. The van der Waals surface area contributed by atoms with Crippen LogP contribution in [0.25, 0.3) is 0 Å². The molecule has 3 atom stereocenters. The number of aliphatic hydroxyl groups is 1. The molecule has 2 aliphatic rings. The van der Waals surface area contributed by atoms with Gasteiger partial charge >= 0.3 is 6.18 Å². The molecule has 0 radical (unpaired) electrons. The first-order valence-corrected chi connectivity index (χ1v) is 6.90. The average molecular weight is 279 g/mol. The minimum Gasteiger partial charge on any atom is -0.396 e. The second-order valence-corrected chi connectivity index (χ2v) is 5.66. The number of carbonyl (C=O) groups is 1. The zero-order chi connectivity index (χ0) is 14.0. The van der Waals surface area contributed by atoms with Gasteiger partial charge in [-0.3, -0.25) is 4.79 Å². The second kappa shape index (κ2) is 5.69. The average Bonchev–Trinajstić information content (AvgIpc) is 2.85. The van der Waals surface area contributed by atoms with Crippen LogP contribution in [-0.4, -0.2) is 41.8 Å². The van der Waals surface area contributed by atoms with Crippen molar-refractivity contribution < 1.29 is 23.1 Å². The van der Waals surface area contributed by atoms with E-state index in [4.69, 9.17) is 5.11 Å². The number of hydrogen-bond acceptors (Lipinski definition) is 2. The van der Waals surface area contributed by atoms with Crippen LogP contribution in [0.3, 0.4) is 0 Å². The Labute approximate surface area is 110 Å². The van der Waals surface area contributed by atoms with Crippen molar-refractivity contribution in [3.63, 3.8) is 0 Å². The van der Waals surface area contributed by atoms with Crippen LogP contribution in [0.5, 0.6) is 0 Å². The van der Waals surface area contributed by atoms with Crippen LogP contribution in [0.4, 0.5) is 13.2 Å². The Balaban J connectivity index is 2.04. The fourth-order valence-electron chi connectivity index (χ4n) is 3.23. The minimum atomic E-state index is -4.28. The van der Waals surface area contributed by atoms with Gasteiger partial charge in [-0.05, 0) is 19.3 Å². The highest BCUT2D eigenvalue weighted by molar-refractivity contribution is 5.79. The van der Waals surface area contributed by atoms with Gasteiger partial charge in [0.15, 0.2) is 0 Å². The number of rotatable bonds is 2. The van der Waals surface area contributed by atoms with Gasteiger partial charge in [-0.15, -0.1) is 0 Å². The third kappa shape index (κ3) is 3.22. The second-order valence-electron chi connectivity index (χ2n) is 5.66. The highest BCUT2D eigenvalue weighted by Crippen LogP contribution is 2.42. The van der Waals surface area contributed by atoms with Gasteiger partial charge in [0.2, 0.25) is 5.91 Å². The molecule has 1 aliphatic heterocycles. The number of carbonyl (C=O) groups excluding carboxylic acids is 1. The third-order valence-corrected chi connectivity index (χ3v) is 4.36.